The smallest absolute Gasteiger partial charge is 0.267 e. The monoisotopic (exact) mass is 301 g/mol. The van der Waals surface area contributed by atoms with Gasteiger partial charge in [0.25, 0.3) is 5.91 Å². The van der Waals surface area contributed by atoms with E-state index in [2.05, 4.69) is 10.3 Å². The van der Waals surface area contributed by atoms with Crippen LogP contribution in [0.1, 0.15) is 28.2 Å². The van der Waals surface area contributed by atoms with Gasteiger partial charge in [-0.2, -0.15) is 0 Å². The molecule has 2 amide bonds. The summed E-state index contributed by atoms with van der Waals surface area (Å²) in [5, 5.41) is 3.46. The lowest BCUT2D eigenvalue weighted by atomic mass is 10.3. The van der Waals surface area contributed by atoms with Gasteiger partial charge < -0.3 is 5.32 Å². The molecule has 0 radical (unpaired) electrons. The molecule has 0 unspecified atom stereocenters. The average Bonchev–Trinajstić information content (AvgIpc) is 3.05. The topological polar surface area (TPSA) is 62.3 Å². The zero-order valence-corrected chi connectivity index (χ0v) is 12.4. The maximum Gasteiger partial charge on any atom is 0.267 e. The summed E-state index contributed by atoms with van der Waals surface area (Å²) in [4.78, 5) is 30.6. The van der Waals surface area contributed by atoms with Crippen molar-refractivity contribution < 1.29 is 9.59 Å². The number of carbonyl (C=O) groups is 2. The van der Waals surface area contributed by atoms with Crippen molar-refractivity contribution in [3.63, 3.8) is 0 Å². The summed E-state index contributed by atoms with van der Waals surface area (Å²) in [6.45, 7) is 2.48. The van der Waals surface area contributed by atoms with Crippen molar-refractivity contribution in [1.82, 2.24) is 4.98 Å². The Labute approximate surface area is 126 Å². The third-order valence-electron chi connectivity index (χ3n) is 3.33. The molecule has 3 rings (SSSR count). The molecule has 1 saturated heterocycles. The number of carbonyl (C=O) groups excluding carboxylic acids is 2. The van der Waals surface area contributed by atoms with E-state index < -0.39 is 0 Å². The summed E-state index contributed by atoms with van der Waals surface area (Å²) in [5.41, 5.74) is 1.40. The number of aromatic nitrogens is 1. The highest BCUT2D eigenvalue weighted by Gasteiger charge is 2.26. The molecule has 0 atom stereocenters. The van der Waals surface area contributed by atoms with Crippen molar-refractivity contribution in [3.05, 3.63) is 40.9 Å². The zero-order valence-electron chi connectivity index (χ0n) is 11.6. The fraction of sp³-hybridized carbons (Fsp3) is 0.267. The molecule has 0 saturated carbocycles. The van der Waals surface area contributed by atoms with Gasteiger partial charge in [0.2, 0.25) is 5.91 Å². The van der Waals surface area contributed by atoms with Crippen LogP contribution in [0.4, 0.5) is 10.8 Å². The number of amides is 2. The number of aryl methyl sites for hydroxylation is 1. The molecule has 0 aliphatic carbocycles. The van der Waals surface area contributed by atoms with Crippen molar-refractivity contribution in [3.8, 4) is 0 Å². The Morgan fingerprint density at radius 2 is 2.10 bits per heavy atom. The number of nitrogens with zero attached hydrogens (tertiary/aromatic N) is 2. The number of benzene rings is 1. The van der Waals surface area contributed by atoms with Crippen molar-refractivity contribution in [2.24, 2.45) is 0 Å². The van der Waals surface area contributed by atoms with Crippen LogP contribution in [-0.4, -0.2) is 23.3 Å². The Hall–Kier alpha value is -2.21. The third-order valence-corrected chi connectivity index (χ3v) is 4.51. The molecule has 1 aliphatic rings. The molecule has 1 aliphatic heterocycles. The van der Waals surface area contributed by atoms with E-state index in [0.29, 0.717) is 28.7 Å². The second-order valence-electron chi connectivity index (χ2n) is 4.88. The predicted molar refractivity (Wildman–Crippen MR) is 82.8 cm³/mol. The van der Waals surface area contributed by atoms with Gasteiger partial charge in [-0.25, -0.2) is 4.98 Å². The van der Waals surface area contributed by atoms with Gasteiger partial charge in [-0.15, -0.1) is 0 Å². The number of hydrogen-bond donors (Lipinski definition) is 1. The Morgan fingerprint density at radius 1 is 1.33 bits per heavy atom. The number of para-hydroxylation sites is 1. The van der Waals surface area contributed by atoms with Crippen LogP contribution < -0.4 is 10.2 Å². The van der Waals surface area contributed by atoms with Crippen molar-refractivity contribution in [2.75, 3.05) is 16.8 Å². The molecule has 1 aromatic heterocycles. The van der Waals surface area contributed by atoms with Gasteiger partial charge in [0, 0.05) is 18.7 Å². The van der Waals surface area contributed by atoms with E-state index in [1.807, 2.05) is 30.3 Å². The Bertz CT molecular complexity index is 681. The first-order valence-electron chi connectivity index (χ1n) is 6.79. The number of rotatable bonds is 3. The van der Waals surface area contributed by atoms with Gasteiger partial charge in [-0.1, -0.05) is 29.5 Å². The highest BCUT2D eigenvalue weighted by molar-refractivity contribution is 7.18. The summed E-state index contributed by atoms with van der Waals surface area (Å²) >= 11 is 1.27. The van der Waals surface area contributed by atoms with Crippen molar-refractivity contribution >= 4 is 34.0 Å². The minimum atomic E-state index is -0.186. The van der Waals surface area contributed by atoms with Crippen molar-refractivity contribution in [2.45, 2.75) is 19.8 Å². The van der Waals surface area contributed by atoms with Crippen LogP contribution in [0.3, 0.4) is 0 Å². The van der Waals surface area contributed by atoms with Gasteiger partial charge >= 0.3 is 0 Å². The Kier molecular flexibility index (Phi) is 3.70. The minimum absolute atomic E-state index is 0.0822. The molecule has 0 spiro atoms. The van der Waals surface area contributed by atoms with Gasteiger partial charge in [-0.05, 0) is 25.5 Å². The highest BCUT2D eigenvalue weighted by atomic mass is 32.1. The molecule has 2 heterocycles. The zero-order chi connectivity index (χ0) is 14.8. The van der Waals surface area contributed by atoms with Crippen LogP contribution in [0.15, 0.2) is 30.3 Å². The second kappa shape index (κ2) is 5.65. The molecule has 6 heteroatoms. The molecule has 21 heavy (non-hydrogen) atoms. The van der Waals surface area contributed by atoms with Gasteiger partial charge in [0.1, 0.15) is 4.88 Å². The quantitative estimate of drug-likeness (QED) is 0.948. The van der Waals surface area contributed by atoms with Crippen LogP contribution in [-0.2, 0) is 4.79 Å². The van der Waals surface area contributed by atoms with Crippen LogP contribution >= 0.6 is 11.3 Å². The molecule has 1 aromatic carbocycles. The average molecular weight is 301 g/mol. The maximum absolute atomic E-state index is 12.3. The molecule has 2 aromatic rings. The molecule has 0 bridgehead atoms. The fourth-order valence-corrected chi connectivity index (χ4v) is 3.27. The largest absolute Gasteiger partial charge is 0.321 e. The lowest BCUT2D eigenvalue weighted by Gasteiger charge is -2.10. The summed E-state index contributed by atoms with van der Waals surface area (Å²) < 4.78 is 0. The van der Waals surface area contributed by atoms with Gasteiger partial charge in [0.15, 0.2) is 5.13 Å². The van der Waals surface area contributed by atoms with Gasteiger partial charge in [-0.3, -0.25) is 14.5 Å². The highest BCUT2D eigenvalue weighted by Crippen LogP contribution is 2.29. The van der Waals surface area contributed by atoms with E-state index >= 15 is 0 Å². The van der Waals surface area contributed by atoms with E-state index in [4.69, 9.17) is 0 Å². The first-order chi connectivity index (χ1) is 10.1. The number of nitrogens with one attached hydrogen (secondary N) is 1. The fourth-order valence-electron chi connectivity index (χ4n) is 2.27. The van der Waals surface area contributed by atoms with Crippen LogP contribution in [0.5, 0.6) is 0 Å². The lowest BCUT2D eigenvalue weighted by molar-refractivity contribution is -0.117. The van der Waals surface area contributed by atoms with E-state index in [1.165, 1.54) is 11.3 Å². The first kappa shape index (κ1) is 13.8. The Morgan fingerprint density at radius 3 is 2.76 bits per heavy atom. The predicted octanol–water partition coefficient (Wildman–Crippen LogP) is 2.83. The lowest BCUT2D eigenvalue weighted by Crippen LogP contribution is -2.23. The molecule has 108 valence electrons. The number of hydrogen-bond acceptors (Lipinski definition) is 4. The number of thiazole rings is 1. The molecule has 1 N–H and O–H groups in total. The molecular formula is C15H15N3O2S. The van der Waals surface area contributed by atoms with Gasteiger partial charge in [0.05, 0.1) is 5.69 Å². The standard InChI is InChI=1S/C15H15N3O2S/c1-10-13(14(20)17-11-6-3-2-4-7-11)21-15(16-10)18-9-5-8-12(18)19/h2-4,6-7H,5,8-9H2,1H3,(H,17,20). The molecular weight excluding hydrogens is 286 g/mol. The maximum atomic E-state index is 12.3. The summed E-state index contributed by atoms with van der Waals surface area (Å²) in [5.74, 6) is -0.104. The van der Waals surface area contributed by atoms with Crippen LogP contribution in [0.25, 0.3) is 0 Å². The normalized spacial score (nSPS) is 14.5. The van der Waals surface area contributed by atoms with Crippen LogP contribution in [0, 0.1) is 6.92 Å². The van der Waals surface area contributed by atoms with Crippen molar-refractivity contribution in [1.29, 1.82) is 0 Å². The minimum Gasteiger partial charge on any atom is -0.321 e. The Balaban J connectivity index is 1.81. The molecule has 1 fully saturated rings. The van der Waals surface area contributed by atoms with E-state index in [-0.39, 0.29) is 11.8 Å². The van der Waals surface area contributed by atoms with E-state index in [0.717, 1.165) is 12.1 Å². The van der Waals surface area contributed by atoms with E-state index in [9.17, 15) is 9.59 Å². The SMILES string of the molecule is Cc1nc(N2CCCC2=O)sc1C(=O)Nc1ccccc1. The molecule has 5 nitrogen and oxygen atoms in total. The summed E-state index contributed by atoms with van der Waals surface area (Å²) in [6.07, 6.45) is 1.41. The summed E-state index contributed by atoms with van der Waals surface area (Å²) in [7, 11) is 0. The van der Waals surface area contributed by atoms with E-state index in [1.54, 1.807) is 11.8 Å². The second-order valence-corrected chi connectivity index (χ2v) is 5.86. The first-order valence-corrected chi connectivity index (χ1v) is 7.61. The van der Waals surface area contributed by atoms with Crippen LogP contribution in [0.2, 0.25) is 0 Å². The third kappa shape index (κ3) is 2.80. The number of anilines is 2. The summed E-state index contributed by atoms with van der Waals surface area (Å²) in [6, 6.07) is 9.29.